The van der Waals surface area contributed by atoms with Crippen molar-refractivity contribution in [1.29, 1.82) is 0 Å². The summed E-state index contributed by atoms with van der Waals surface area (Å²) in [6, 6.07) is 0. The first-order chi connectivity index (χ1) is 6.93. The Morgan fingerprint density at radius 2 is 0.429 bits per heavy atom. The molecule has 0 fully saturated rings. The van der Waals surface area contributed by atoms with Crippen LogP contribution in [0.4, 0.5) is 0 Å². The third-order valence-electron chi connectivity index (χ3n) is 0. The van der Waals surface area contributed by atoms with Gasteiger partial charge in [-0.2, -0.15) is 0 Å². The molecular weight excluding hydrogens is 1070 g/mol. The van der Waals surface area contributed by atoms with Gasteiger partial charge >= 0.3 is 277 Å². The van der Waals surface area contributed by atoms with Crippen molar-refractivity contribution in [3.8, 4) is 0 Å². The minimum absolute atomic E-state index is 0. The van der Waals surface area contributed by atoms with Crippen LogP contribution < -0.4 is 0 Å². The summed E-state index contributed by atoms with van der Waals surface area (Å²) in [5.41, 5.74) is 0. The van der Waals surface area contributed by atoms with Gasteiger partial charge in [-0.25, -0.2) is 0 Å². The van der Waals surface area contributed by atoms with Crippen molar-refractivity contribution in [2.24, 2.45) is 0 Å². The first kappa shape index (κ1) is 56.5. The van der Waals surface area contributed by atoms with Gasteiger partial charge in [0.25, 0.3) is 0 Å². The zero-order chi connectivity index (χ0) is 14.3. The molecule has 0 radical (unpaired) electrons. The van der Waals surface area contributed by atoms with E-state index >= 15 is 0 Å². The van der Waals surface area contributed by atoms with E-state index in [2.05, 4.69) is 0 Å². The second-order valence-electron chi connectivity index (χ2n) is 1.13. The molecule has 0 aromatic heterocycles. The van der Waals surface area contributed by atoms with E-state index in [1.807, 2.05) is 0 Å². The summed E-state index contributed by atoms with van der Waals surface area (Å²) in [7, 11) is 0. The first-order valence-electron chi connectivity index (χ1n) is 2.61. The second kappa shape index (κ2) is 50.6. The molecule has 0 aliphatic carbocycles. The van der Waals surface area contributed by atoms with E-state index in [1.54, 1.807) is 0 Å². The standard InChI is InChI=1S/3Bi.K.Na.8H2O.4O.4Ti.11H/h;;;;;8*1H2;;;;;;;;;;;;;;;;;;;/q;;;;;;;;;;;;;;;;;4*+2;;;;;;;;;;;/p-8. The van der Waals surface area contributed by atoms with Crippen LogP contribution in [-0.2, 0) is 87.8 Å². The number of hydrogen-bond donors (Lipinski definition) is 8. The van der Waals surface area contributed by atoms with Crippen LogP contribution in [0.5, 0.6) is 0 Å². The maximum atomic E-state index is 8.81. The third-order valence-corrected chi connectivity index (χ3v) is 0. The van der Waals surface area contributed by atoms with Crippen molar-refractivity contribution in [2.75, 3.05) is 0 Å². The van der Waals surface area contributed by atoms with E-state index in [0.717, 1.165) is 0 Å². The molecule has 0 rings (SSSR count). The molecule has 0 bridgehead atoms. The van der Waals surface area contributed by atoms with Crippen LogP contribution in [0.3, 0.4) is 0 Å². The van der Waals surface area contributed by atoms with Crippen LogP contribution in [0.25, 0.3) is 0 Å². The molecule has 0 atom stereocenters. The average molecular weight is 1090 g/mol. The van der Waals surface area contributed by atoms with Crippen LogP contribution in [0, 0.1) is 0 Å². The van der Waals surface area contributed by atoms with Crippen molar-refractivity contribution < 1.29 is 117 Å². The monoisotopic (exact) mass is 1090 g/mol. The molecule has 0 saturated carbocycles. The normalized spacial score (nSPS) is 4.95. The van der Waals surface area contributed by atoms with Gasteiger partial charge in [0.2, 0.25) is 0 Å². The summed E-state index contributed by atoms with van der Waals surface area (Å²) < 4.78 is 93.0. The van der Waals surface area contributed by atoms with Crippen molar-refractivity contribution in [2.45, 2.75) is 0 Å². The van der Waals surface area contributed by atoms with E-state index in [0.29, 0.717) is 0 Å². The van der Waals surface area contributed by atoms with Gasteiger partial charge in [-0.05, 0) is 0 Å². The summed E-state index contributed by atoms with van der Waals surface area (Å²) in [5.74, 6) is 0. The van der Waals surface area contributed by atoms with Gasteiger partial charge in [-0.1, -0.05) is 0 Å². The Balaban J connectivity index is -0.0000000121. The second-order valence-corrected chi connectivity index (χ2v) is 4.66. The van der Waals surface area contributed by atoms with Gasteiger partial charge in [0.15, 0.2) is 0 Å². The molecule has 12 nitrogen and oxygen atoms in total. The SMILES string of the molecule is [BiH3].[BiH3].[BiH3].[KH].[NaH].[O]=[Ti]([OH])[OH].[O]=[Ti]([OH])[OH].[O]=[Ti]([OH])[OH].[O]=[Ti]([OH])[OH]. The maximum absolute atomic E-state index is 8.81. The topological polar surface area (TPSA) is 230 Å². The summed E-state index contributed by atoms with van der Waals surface area (Å²) in [4.78, 5) is 0. The Morgan fingerprint density at radius 1 is 0.429 bits per heavy atom. The zero-order valence-electron chi connectivity index (χ0n) is 9.33. The Labute approximate surface area is 269 Å². The first-order valence-corrected chi connectivity index (χ1v) is 10.7. The summed E-state index contributed by atoms with van der Waals surface area (Å²) in [5, 5.41) is 0. The fourth-order valence-electron chi connectivity index (χ4n) is 0. The van der Waals surface area contributed by atoms with E-state index in [9.17, 15) is 0 Å². The molecule has 0 amide bonds. The molecule has 0 unspecified atom stereocenters. The molecule has 124 valence electrons. The zero-order valence-corrected chi connectivity index (χ0v) is 32.1. The molecule has 0 spiro atoms. The predicted molar refractivity (Wildman–Crippen MR) is 64.6 cm³/mol. The molecule has 0 saturated heterocycles. The van der Waals surface area contributed by atoms with Crippen LogP contribution in [-0.4, -0.2) is 189 Å². The molecule has 0 heterocycles. The van der Waals surface area contributed by atoms with Gasteiger partial charge in [-0.15, -0.1) is 0 Å². The van der Waals surface area contributed by atoms with Crippen molar-refractivity contribution >= 4 is 160 Å². The van der Waals surface area contributed by atoms with E-state index < -0.39 is 74.5 Å². The van der Waals surface area contributed by atoms with Gasteiger partial charge in [0, 0.05) is 0 Å². The Hall–Kier alpha value is 7.02. The minimum atomic E-state index is -3.58. The van der Waals surface area contributed by atoms with Crippen LogP contribution in [0.1, 0.15) is 0 Å². The van der Waals surface area contributed by atoms with Crippen LogP contribution >= 0.6 is 0 Å². The third kappa shape index (κ3) is 343. The van der Waals surface area contributed by atoms with E-state index in [4.69, 9.17) is 42.8 Å². The summed E-state index contributed by atoms with van der Waals surface area (Å²) in [6.45, 7) is 0. The quantitative estimate of drug-likeness (QED) is 0.106. The molecule has 0 aromatic carbocycles. The van der Waals surface area contributed by atoms with Gasteiger partial charge in [0.05, 0.1) is 0 Å². The molecule has 0 aromatic rings. The Morgan fingerprint density at radius 3 is 0.429 bits per heavy atom. The fraction of sp³-hybridized carbons (Fsp3) is 0. The van der Waals surface area contributed by atoms with Gasteiger partial charge in [-0.3, -0.25) is 0 Å². The molecule has 8 N–H and O–H groups in total. The molecule has 21 heteroatoms. The van der Waals surface area contributed by atoms with Crippen LogP contribution in [0.2, 0.25) is 0 Å². The molecule has 21 heavy (non-hydrogen) atoms. The Kier molecular flexibility index (Phi) is 136. The van der Waals surface area contributed by atoms with Crippen molar-refractivity contribution in [1.82, 2.24) is 0 Å². The Bertz CT molecular complexity index is 177. The average Bonchev–Trinajstić information content (AvgIpc) is 1.76. The van der Waals surface area contributed by atoms with Crippen molar-refractivity contribution in [3.63, 3.8) is 0 Å². The van der Waals surface area contributed by atoms with E-state index in [1.165, 1.54) is 0 Å². The van der Waals surface area contributed by atoms with Gasteiger partial charge in [0.1, 0.15) is 0 Å². The number of rotatable bonds is 0. The molecule has 0 aliphatic rings. The summed E-state index contributed by atoms with van der Waals surface area (Å²) in [6.07, 6.45) is 0. The predicted octanol–water partition coefficient (Wildman–Crippen LogP) is -9.79. The molecule has 0 aliphatic heterocycles. The van der Waals surface area contributed by atoms with Crippen LogP contribution in [0.15, 0.2) is 0 Å². The summed E-state index contributed by atoms with van der Waals surface area (Å²) >= 11 is -14.3. The fourth-order valence-corrected chi connectivity index (χ4v) is 0. The van der Waals surface area contributed by atoms with Crippen molar-refractivity contribution in [3.05, 3.63) is 0 Å². The van der Waals surface area contributed by atoms with E-state index in [-0.39, 0.29) is 160 Å². The van der Waals surface area contributed by atoms with Gasteiger partial charge < -0.3 is 0 Å². The number of hydrogen-bond acceptors (Lipinski definition) is 4. The molecular formula is H19Bi3KNaO12Ti4.